The van der Waals surface area contributed by atoms with Crippen LogP contribution >= 0.6 is 11.6 Å². The van der Waals surface area contributed by atoms with Gasteiger partial charge in [-0.2, -0.15) is 13.2 Å². The van der Waals surface area contributed by atoms with Gasteiger partial charge in [-0.05, 0) is 50.1 Å². The first kappa shape index (κ1) is 22.8. The maximum absolute atomic E-state index is 13.9. The summed E-state index contributed by atoms with van der Waals surface area (Å²) in [7, 11) is 0. The molecule has 1 amide bonds. The predicted molar refractivity (Wildman–Crippen MR) is 123 cm³/mol. The monoisotopic (exact) mass is 475 g/mol. The second-order valence-corrected chi connectivity index (χ2v) is 8.40. The van der Waals surface area contributed by atoms with E-state index in [1.807, 2.05) is 0 Å². The van der Waals surface area contributed by atoms with E-state index in [0.717, 1.165) is 18.2 Å². The number of hydrogen-bond donors (Lipinski definition) is 3. The maximum Gasteiger partial charge on any atom is 0.418 e. The summed E-state index contributed by atoms with van der Waals surface area (Å²) in [5.74, 6) is -0.431. The van der Waals surface area contributed by atoms with E-state index in [9.17, 15) is 18.0 Å². The Balaban J connectivity index is 1.60. The van der Waals surface area contributed by atoms with Gasteiger partial charge in [0.1, 0.15) is 0 Å². The Labute approximate surface area is 193 Å². The summed E-state index contributed by atoms with van der Waals surface area (Å²) in [6.07, 6.45) is -2.02. The molecule has 0 radical (unpaired) electrons. The third-order valence-electron chi connectivity index (χ3n) is 5.85. The van der Waals surface area contributed by atoms with Crippen molar-refractivity contribution in [2.24, 2.45) is 0 Å². The summed E-state index contributed by atoms with van der Waals surface area (Å²) in [6, 6.07) is 9.21. The lowest BCUT2D eigenvalue weighted by molar-refractivity contribution is -0.137. The average molecular weight is 476 g/mol. The zero-order chi connectivity index (χ0) is 23.9. The smallest absolute Gasteiger partial charge is 0.347 e. The number of carbonyl (C=O) groups excluding carboxylic acids is 1. The van der Waals surface area contributed by atoms with Gasteiger partial charge in [0.25, 0.3) is 5.91 Å². The van der Waals surface area contributed by atoms with Crippen LogP contribution in [0.15, 0.2) is 36.4 Å². The first-order chi connectivity index (χ1) is 15.6. The van der Waals surface area contributed by atoms with Crippen molar-refractivity contribution in [3.63, 3.8) is 0 Å². The van der Waals surface area contributed by atoms with Crippen LogP contribution in [0.2, 0.25) is 5.02 Å². The molecule has 3 aromatic rings. The number of benzene rings is 2. The third kappa shape index (κ3) is 4.20. The minimum atomic E-state index is -4.46. The minimum absolute atomic E-state index is 0.149. The number of rotatable bonds is 5. The van der Waals surface area contributed by atoms with Crippen molar-refractivity contribution >= 4 is 46.8 Å². The van der Waals surface area contributed by atoms with E-state index in [4.69, 9.17) is 22.4 Å². The van der Waals surface area contributed by atoms with E-state index >= 15 is 0 Å². The molecule has 0 aliphatic carbocycles. The molecular formula is C23H21ClF3N5O. The Kier molecular flexibility index (Phi) is 5.92. The second-order valence-electron chi connectivity index (χ2n) is 7.99. The van der Waals surface area contributed by atoms with Crippen LogP contribution in [0, 0.1) is 17.7 Å². The molecule has 2 aromatic carbocycles. The molecule has 1 unspecified atom stereocenters. The molecule has 0 bridgehead atoms. The van der Waals surface area contributed by atoms with Gasteiger partial charge in [-0.3, -0.25) is 20.5 Å². The normalized spacial score (nSPS) is 15.7. The van der Waals surface area contributed by atoms with Gasteiger partial charge >= 0.3 is 6.18 Å². The first-order valence-electron chi connectivity index (χ1n) is 10.2. The van der Waals surface area contributed by atoms with Crippen molar-refractivity contribution in [2.45, 2.75) is 38.5 Å². The van der Waals surface area contributed by atoms with E-state index in [1.54, 1.807) is 35.8 Å². The highest BCUT2D eigenvalue weighted by atomic mass is 35.5. The number of nitrogens with one attached hydrogen (secondary N) is 3. The highest BCUT2D eigenvalue weighted by Crippen LogP contribution is 2.41. The number of carbonyl (C=O) groups is 1. The largest absolute Gasteiger partial charge is 0.418 e. The topological polar surface area (TPSA) is 85.0 Å². The van der Waals surface area contributed by atoms with E-state index in [-0.39, 0.29) is 40.7 Å². The van der Waals surface area contributed by atoms with Gasteiger partial charge in [-0.1, -0.05) is 23.2 Å². The molecule has 0 fully saturated rings. The zero-order valence-corrected chi connectivity index (χ0v) is 18.4. The fourth-order valence-electron chi connectivity index (χ4n) is 4.34. The standard InChI is InChI=1S/C23H21ClF3N5O/c1-13-2-6-19-17(8-13)21(23(25,26)27)20-7-3-14(10-32(19)20)30-22(33)16-5-4-15(9-18(16)24)31(11-28)12-29/h2,4-6,8-9,11-12,14,28-29H,3,7,10H2,1H3,(H,30,33). The minimum Gasteiger partial charge on any atom is -0.347 e. The van der Waals surface area contributed by atoms with Crippen LogP contribution in [0.4, 0.5) is 18.9 Å². The van der Waals surface area contributed by atoms with Crippen molar-refractivity contribution in [2.75, 3.05) is 4.90 Å². The van der Waals surface area contributed by atoms with Crippen molar-refractivity contribution in [3.8, 4) is 0 Å². The van der Waals surface area contributed by atoms with Gasteiger partial charge in [0.05, 0.1) is 28.8 Å². The number of hydrogen-bond acceptors (Lipinski definition) is 3. The molecule has 1 aromatic heterocycles. The van der Waals surface area contributed by atoms with Gasteiger partial charge in [0.15, 0.2) is 0 Å². The van der Waals surface area contributed by atoms with Crippen LogP contribution in [0.3, 0.4) is 0 Å². The lowest BCUT2D eigenvalue weighted by Crippen LogP contribution is -2.41. The third-order valence-corrected chi connectivity index (χ3v) is 6.16. The van der Waals surface area contributed by atoms with Gasteiger partial charge in [0.2, 0.25) is 0 Å². The van der Waals surface area contributed by atoms with Crippen LogP contribution in [0.5, 0.6) is 0 Å². The number of anilines is 1. The molecule has 2 heterocycles. The van der Waals surface area contributed by atoms with E-state index in [0.29, 0.717) is 17.6 Å². The Morgan fingerprint density at radius 2 is 1.94 bits per heavy atom. The van der Waals surface area contributed by atoms with Crippen molar-refractivity contribution in [1.82, 2.24) is 9.88 Å². The lowest BCUT2D eigenvalue weighted by atomic mass is 10.0. The molecule has 3 N–H and O–H groups in total. The SMILES string of the molecule is Cc1ccc2c(c1)c(C(F)(F)F)c1n2CC(NC(=O)c2ccc(N(C=N)C=N)cc2Cl)CC1. The number of halogens is 4. The number of alkyl halides is 3. The van der Waals surface area contributed by atoms with Crippen molar-refractivity contribution in [1.29, 1.82) is 10.8 Å². The molecular weight excluding hydrogens is 455 g/mol. The van der Waals surface area contributed by atoms with Gasteiger partial charge in [-0.25, -0.2) is 0 Å². The highest BCUT2D eigenvalue weighted by molar-refractivity contribution is 6.34. The predicted octanol–water partition coefficient (Wildman–Crippen LogP) is 5.39. The summed E-state index contributed by atoms with van der Waals surface area (Å²) < 4.78 is 43.2. The molecule has 10 heteroatoms. The number of aryl methyl sites for hydroxylation is 1. The number of nitrogens with zero attached hydrogens (tertiary/aromatic N) is 2. The van der Waals surface area contributed by atoms with E-state index < -0.39 is 17.6 Å². The summed E-state index contributed by atoms with van der Waals surface area (Å²) in [5, 5.41) is 17.8. The fourth-order valence-corrected chi connectivity index (χ4v) is 4.61. The van der Waals surface area contributed by atoms with Crippen LogP contribution in [-0.2, 0) is 19.1 Å². The molecule has 0 spiro atoms. The highest BCUT2D eigenvalue weighted by Gasteiger charge is 2.40. The molecule has 4 rings (SSSR count). The number of fused-ring (bicyclic) bond motifs is 3. The molecule has 1 aliphatic heterocycles. The molecule has 1 aliphatic rings. The molecule has 0 saturated heterocycles. The summed E-state index contributed by atoms with van der Waals surface area (Å²) in [5.41, 5.74) is 1.58. The van der Waals surface area contributed by atoms with Gasteiger partial charge in [0, 0.05) is 34.9 Å². The number of amides is 1. The van der Waals surface area contributed by atoms with Gasteiger partial charge < -0.3 is 9.88 Å². The van der Waals surface area contributed by atoms with Crippen molar-refractivity contribution < 1.29 is 18.0 Å². The summed E-state index contributed by atoms with van der Waals surface area (Å²) >= 11 is 6.26. The maximum atomic E-state index is 13.9. The first-order valence-corrected chi connectivity index (χ1v) is 10.6. The van der Waals surface area contributed by atoms with Gasteiger partial charge in [-0.15, -0.1) is 0 Å². The Morgan fingerprint density at radius 3 is 2.58 bits per heavy atom. The summed E-state index contributed by atoms with van der Waals surface area (Å²) in [4.78, 5) is 14.1. The van der Waals surface area contributed by atoms with Crippen LogP contribution < -0.4 is 10.2 Å². The summed E-state index contributed by atoms with van der Waals surface area (Å²) in [6.45, 7) is 1.99. The average Bonchev–Trinajstić information content (AvgIpc) is 3.07. The van der Waals surface area contributed by atoms with E-state index in [1.165, 1.54) is 17.0 Å². The Morgan fingerprint density at radius 1 is 1.21 bits per heavy atom. The zero-order valence-electron chi connectivity index (χ0n) is 17.6. The quantitative estimate of drug-likeness (QED) is 0.341. The Bertz CT molecular complexity index is 1260. The molecule has 0 saturated carbocycles. The Hall–Kier alpha value is -3.33. The fraction of sp³-hybridized carbons (Fsp3) is 0.261. The van der Waals surface area contributed by atoms with Crippen LogP contribution in [0.25, 0.3) is 10.9 Å². The van der Waals surface area contributed by atoms with Crippen molar-refractivity contribution in [3.05, 3.63) is 63.8 Å². The molecule has 33 heavy (non-hydrogen) atoms. The molecule has 172 valence electrons. The lowest BCUT2D eigenvalue weighted by Gasteiger charge is -2.27. The van der Waals surface area contributed by atoms with Crippen LogP contribution in [0.1, 0.15) is 33.6 Å². The molecule has 6 nitrogen and oxygen atoms in total. The van der Waals surface area contributed by atoms with E-state index in [2.05, 4.69) is 5.32 Å². The number of aromatic nitrogens is 1. The van der Waals surface area contributed by atoms with Crippen LogP contribution in [-0.4, -0.2) is 29.2 Å². The molecule has 1 atom stereocenters. The second kappa shape index (κ2) is 8.55.